The summed E-state index contributed by atoms with van der Waals surface area (Å²) in [5, 5.41) is 9.17. The fraction of sp³-hybridized carbons (Fsp3) is 0.385. The molecule has 1 aromatic carbocycles. The van der Waals surface area contributed by atoms with Crippen molar-refractivity contribution >= 4 is 17.0 Å². The molecule has 0 atom stereocenters. The lowest BCUT2D eigenvalue weighted by Crippen LogP contribution is -2.47. The number of fused-ring (bicyclic) bond motifs is 1. The number of carboxylic acid groups (broad SMARTS) is 1. The molecule has 0 saturated heterocycles. The third-order valence-electron chi connectivity index (χ3n) is 3.38. The first-order chi connectivity index (χ1) is 8.41. The number of H-pyrrole nitrogens is 1. The summed E-state index contributed by atoms with van der Waals surface area (Å²) in [4.78, 5) is 20.2. The van der Waals surface area contributed by atoms with Gasteiger partial charge in [-0.25, -0.2) is 4.98 Å². The van der Waals surface area contributed by atoms with Crippen LogP contribution >= 0.6 is 0 Å². The van der Waals surface area contributed by atoms with Crippen LogP contribution in [0.2, 0.25) is 0 Å². The minimum Gasteiger partial charge on any atom is -0.480 e. The van der Waals surface area contributed by atoms with E-state index in [9.17, 15) is 9.90 Å². The van der Waals surface area contributed by atoms with Crippen molar-refractivity contribution < 1.29 is 9.90 Å². The van der Waals surface area contributed by atoms with Crippen LogP contribution in [0.15, 0.2) is 24.5 Å². The molecular formula is C13H17N3O2. The maximum absolute atomic E-state index is 11.2. The topological polar surface area (TPSA) is 69.2 Å². The van der Waals surface area contributed by atoms with Crippen molar-refractivity contribution in [3.63, 3.8) is 0 Å². The van der Waals surface area contributed by atoms with E-state index < -0.39 is 11.5 Å². The van der Waals surface area contributed by atoms with Gasteiger partial charge in [0.1, 0.15) is 5.54 Å². The number of likely N-dealkylation sites (N-methyl/N-ethyl adjacent to an activating group) is 1. The molecule has 0 bridgehead atoms. The van der Waals surface area contributed by atoms with E-state index in [0.29, 0.717) is 6.54 Å². The van der Waals surface area contributed by atoms with E-state index in [2.05, 4.69) is 9.97 Å². The number of carboxylic acids is 1. The summed E-state index contributed by atoms with van der Waals surface area (Å²) in [5.74, 6) is -0.826. The number of hydrogen-bond donors (Lipinski definition) is 2. The highest BCUT2D eigenvalue weighted by Gasteiger charge is 2.31. The van der Waals surface area contributed by atoms with Gasteiger partial charge in [0.25, 0.3) is 0 Å². The average molecular weight is 247 g/mol. The van der Waals surface area contributed by atoms with Crippen LogP contribution in [0.3, 0.4) is 0 Å². The summed E-state index contributed by atoms with van der Waals surface area (Å²) in [6.07, 6.45) is 1.65. The lowest BCUT2D eigenvalue weighted by Gasteiger charge is -2.31. The quantitative estimate of drug-likeness (QED) is 0.865. The van der Waals surface area contributed by atoms with Gasteiger partial charge in [-0.05, 0) is 38.6 Å². The molecule has 0 spiro atoms. The standard InChI is InChI=1S/C13H17N3O2/c1-13(2,12(17)18)16(3)7-9-4-5-10-11(6-9)15-8-14-10/h4-6,8H,7H2,1-3H3,(H,14,15)(H,17,18). The molecule has 2 aromatic rings. The summed E-state index contributed by atoms with van der Waals surface area (Å²) in [6.45, 7) is 3.97. The highest BCUT2D eigenvalue weighted by atomic mass is 16.4. The molecule has 5 heteroatoms. The van der Waals surface area contributed by atoms with Gasteiger partial charge in [0.05, 0.1) is 17.4 Å². The van der Waals surface area contributed by atoms with Crippen LogP contribution in [0.1, 0.15) is 19.4 Å². The Bertz CT molecular complexity index is 574. The monoisotopic (exact) mass is 247 g/mol. The maximum Gasteiger partial charge on any atom is 0.323 e. The van der Waals surface area contributed by atoms with E-state index in [4.69, 9.17) is 0 Å². The largest absolute Gasteiger partial charge is 0.480 e. The number of aromatic nitrogens is 2. The molecule has 0 unspecified atom stereocenters. The van der Waals surface area contributed by atoms with Crippen molar-refractivity contribution in [2.24, 2.45) is 0 Å². The number of aromatic amines is 1. The Labute approximate surface area is 105 Å². The Morgan fingerprint density at radius 1 is 1.50 bits per heavy atom. The van der Waals surface area contributed by atoms with E-state index in [0.717, 1.165) is 16.6 Å². The zero-order valence-electron chi connectivity index (χ0n) is 10.8. The number of hydrogen-bond acceptors (Lipinski definition) is 3. The van der Waals surface area contributed by atoms with E-state index in [-0.39, 0.29) is 0 Å². The smallest absolute Gasteiger partial charge is 0.323 e. The zero-order chi connectivity index (χ0) is 13.3. The predicted molar refractivity (Wildman–Crippen MR) is 69.3 cm³/mol. The molecule has 0 aliphatic carbocycles. The van der Waals surface area contributed by atoms with Crippen LogP contribution in [0.5, 0.6) is 0 Å². The van der Waals surface area contributed by atoms with Crippen LogP contribution in [0, 0.1) is 0 Å². The zero-order valence-corrected chi connectivity index (χ0v) is 10.8. The molecule has 1 heterocycles. The van der Waals surface area contributed by atoms with Gasteiger partial charge in [0, 0.05) is 6.54 Å². The Morgan fingerprint density at radius 3 is 2.89 bits per heavy atom. The minimum atomic E-state index is -0.886. The fourth-order valence-corrected chi connectivity index (χ4v) is 1.72. The van der Waals surface area contributed by atoms with Crippen molar-refractivity contribution in [2.75, 3.05) is 7.05 Å². The highest BCUT2D eigenvalue weighted by Crippen LogP contribution is 2.18. The third-order valence-corrected chi connectivity index (χ3v) is 3.38. The van der Waals surface area contributed by atoms with Gasteiger partial charge in [-0.2, -0.15) is 0 Å². The van der Waals surface area contributed by atoms with Gasteiger partial charge >= 0.3 is 5.97 Å². The molecule has 0 aliphatic heterocycles. The molecule has 0 fully saturated rings. The van der Waals surface area contributed by atoms with E-state index in [1.165, 1.54) is 0 Å². The number of nitrogens with one attached hydrogen (secondary N) is 1. The predicted octanol–water partition coefficient (Wildman–Crippen LogP) is 1.86. The molecule has 0 aliphatic rings. The van der Waals surface area contributed by atoms with Crippen molar-refractivity contribution in [3.8, 4) is 0 Å². The van der Waals surface area contributed by atoms with Crippen LogP contribution in [0.4, 0.5) is 0 Å². The number of aliphatic carboxylic acids is 1. The SMILES string of the molecule is CN(Cc1ccc2nc[nH]c2c1)C(C)(C)C(=O)O. The lowest BCUT2D eigenvalue weighted by molar-refractivity contribution is -0.148. The first-order valence-electron chi connectivity index (χ1n) is 5.78. The first-order valence-corrected chi connectivity index (χ1v) is 5.78. The van der Waals surface area contributed by atoms with Crippen molar-refractivity contribution in [1.82, 2.24) is 14.9 Å². The van der Waals surface area contributed by atoms with Gasteiger partial charge in [-0.1, -0.05) is 6.07 Å². The number of imidazole rings is 1. The Balaban J connectivity index is 2.20. The van der Waals surface area contributed by atoms with Gasteiger partial charge in [-0.15, -0.1) is 0 Å². The second-order valence-electron chi connectivity index (χ2n) is 4.97. The molecule has 2 rings (SSSR count). The summed E-state index contributed by atoms with van der Waals surface area (Å²) in [7, 11) is 1.81. The van der Waals surface area contributed by atoms with Gasteiger partial charge < -0.3 is 10.1 Å². The highest BCUT2D eigenvalue weighted by molar-refractivity contribution is 5.77. The molecule has 0 saturated carbocycles. The van der Waals surface area contributed by atoms with Crippen molar-refractivity contribution in [1.29, 1.82) is 0 Å². The summed E-state index contributed by atoms with van der Waals surface area (Å²) < 4.78 is 0. The van der Waals surface area contributed by atoms with Gasteiger partial charge in [-0.3, -0.25) is 9.69 Å². The minimum absolute atomic E-state index is 0.578. The molecule has 0 radical (unpaired) electrons. The summed E-state index contributed by atoms with van der Waals surface area (Å²) in [6, 6.07) is 5.90. The third kappa shape index (κ3) is 2.22. The summed E-state index contributed by atoms with van der Waals surface area (Å²) >= 11 is 0. The Hall–Kier alpha value is -1.88. The van der Waals surface area contributed by atoms with Gasteiger partial charge in [0.15, 0.2) is 0 Å². The van der Waals surface area contributed by atoms with Crippen LogP contribution in [-0.4, -0.2) is 38.5 Å². The molecule has 2 N–H and O–H groups in total. The van der Waals surface area contributed by atoms with Crippen LogP contribution < -0.4 is 0 Å². The molecular weight excluding hydrogens is 230 g/mol. The van der Waals surface area contributed by atoms with Crippen LogP contribution in [0.25, 0.3) is 11.0 Å². The second kappa shape index (κ2) is 4.42. The summed E-state index contributed by atoms with van der Waals surface area (Å²) in [5.41, 5.74) is 2.06. The molecule has 18 heavy (non-hydrogen) atoms. The molecule has 5 nitrogen and oxygen atoms in total. The number of carbonyl (C=O) groups is 1. The Kier molecular flexibility index (Phi) is 3.09. The maximum atomic E-state index is 11.2. The van der Waals surface area contributed by atoms with E-state index >= 15 is 0 Å². The van der Waals surface area contributed by atoms with E-state index in [1.807, 2.05) is 30.1 Å². The van der Waals surface area contributed by atoms with E-state index in [1.54, 1.807) is 20.2 Å². The lowest BCUT2D eigenvalue weighted by atomic mass is 10.0. The molecule has 96 valence electrons. The normalized spacial score (nSPS) is 12.2. The number of benzene rings is 1. The first kappa shape index (κ1) is 12.6. The average Bonchev–Trinajstić information content (AvgIpc) is 2.75. The fourth-order valence-electron chi connectivity index (χ4n) is 1.72. The molecule has 1 aromatic heterocycles. The van der Waals surface area contributed by atoms with Gasteiger partial charge in [0.2, 0.25) is 0 Å². The number of rotatable bonds is 4. The molecule has 0 amide bonds. The second-order valence-corrected chi connectivity index (χ2v) is 4.97. The Morgan fingerprint density at radius 2 is 2.22 bits per heavy atom. The van der Waals surface area contributed by atoms with Crippen molar-refractivity contribution in [3.05, 3.63) is 30.1 Å². The van der Waals surface area contributed by atoms with Crippen LogP contribution in [-0.2, 0) is 11.3 Å². The number of nitrogens with zero attached hydrogens (tertiary/aromatic N) is 2. The van der Waals surface area contributed by atoms with Crippen molar-refractivity contribution in [2.45, 2.75) is 25.9 Å².